The van der Waals surface area contributed by atoms with Crippen LogP contribution in [0.2, 0.25) is 0 Å². The fraction of sp³-hybridized carbons (Fsp3) is 0.211. The second-order valence-corrected chi connectivity index (χ2v) is 6.50. The van der Waals surface area contributed by atoms with Crippen LogP contribution >= 0.6 is 0 Å². The highest BCUT2D eigenvalue weighted by molar-refractivity contribution is 6.00. The zero-order valence-electron chi connectivity index (χ0n) is 14.0. The highest BCUT2D eigenvalue weighted by Gasteiger charge is 2.43. The highest BCUT2D eigenvalue weighted by Crippen LogP contribution is 2.35. The van der Waals surface area contributed by atoms with E-state index in [0.29, 0.717) is 33.6 Å². The predicted octanol–water partition coefficient (Wildman–Crippen LogP) is 3.62. The summed E-state index contributed by atoms with van der Waals surface area (Å²) in [6.45, 7) is 1.67. The highest BCUT2D eigenvalue weighted by atomic mass is 19.1. The molecule has 1 aliphatic carbocycles. The molecule has 3 aromatic rings. The van der Waals surface area contributed by atoms with E-state index in [1.54, 1.807) is 31.5 Å². The van der Waals surface area contributed by atoms with Crippen molar-refractivity contribution in [1.29, 1.82) is 0 Å². The number of fused-ring (bicyclic) bond motifs is 1. The standard InChI is InChI=1S/C19H16F2N4O/c1-9-13(6-23-8-16(9)21)10-2-11-4-18(24-7-14(11)17(22)3-10)25-19(26)12-5-15(12)20/h2-4,6-8,12,15H,5,22H2,1H3,(H,24,25,26)/t12-,15+/m1/s1. The molecule has 7 heteroatoms. The number of pyridine rings is 2. The summed E-state index contributed by atoms with van der Waals surface area (Å²) < 4.78 is 26.8. The number of carbonyl (C=O) groups excluding carboxylic acids is 1. The first-order valence-electron chi connectivity index (χ1n) is 8.18. The summed E-state index contributed by atoms with van der Waals surface area (Å²) in [7, 11) is 0. The van der Waals surface area contributed by atoms with Gasteiger partial charge in [0.2, 0.25) is 5.91 Å². The summed E-state index contributed by atoms with van der Waals surface area (Å²) >= 11 is 0. The molecule has 1 saturated carbocycles. The Morgan fingerprint density at radius 1 is 1.27 bits per heavy atom. The van der Waals surface area contributed by atoms with Crippen molar-refractivity contribution in [3.05, 3.63) is 48.2 Å². The van der Waals surface area contributed by atoms with Gasteiger partial charge in [0, 0.05) is 29.0 Å². The van der Waals surface area contributed by atoms with Crippen molar-refractivity contribution in [2.24, 2.45) is 5.92 Å². The van der Waals surface area contributed by atoms with Gasteiger partial charge in [-0.2, -0.15) is 0 Å². The van der Waals surface area contributed by atoms with Crippen molar-refractivity contribution in [3.8, 4) is 11.1 Å². The molecule has 0 bridgehead atoms. The molecule has 3 N–H and O–H groups in total. The van der Waals surface area contributed by atoms with Crippen molar-refractivity contribution in [2.45, 2.75) is 19.5 Å². The van der Waals surface area contributed by atoms with Gasteiger partial charge in [-0.25, -0.2) is 13.8 Å². The van der Waals surface area contributed by atoms with Gasteiger partial charge >= 0.3 is 0 Å². The lowest BCUT2D eigenvalue weighted by Gasteiger charge is -2.11. The van der Waals surface area contributed by atoms with Crippen molar-refractivity contribution in [3.63, 3.8) is 0 Å². The van der Waals surface area contributed by atoms with E-state index in [1.807, 2.05) is 6.07 Å². The Labute approximate surface area is 148 Å². The van der Waals surface area contributed by atoms with E-state index in [4.69, 9.17) is 5.73 Å². The van der Waals surface area contributed by atoms with Crippen molar-refractivity contribution >= 4 is 28.2 Å². The smallest absolute Gasteiger partial charge is 0.231 e. The van der Waals surface area contributed by atoms with Gasteiger partial charge in [0.05, 0.1) is 12.1 Å². The van der Waals surface area contributed by atoms with Crippen LogP contribution in [0.3, 0.4) is 0 Å². The number of halogens is 2. The second kappa shape index (κ2) is 6.01. The Bertz CT molecular complexity index is 1040. The summed E-state index contributed by atoms with van der Waals surface area (Å²) in [6.07, 6.45) is 3.48. The fourth-order valence-corrected chi connectivity index (χ4v) is 2.95. The molecular weight excluding hydrogens is 338 g/mol. The molecule has 0 radical (unpaired) electrons. The number of nitrogen functional groups attached to an aromatic ring is 1. The summed E-state index contributed by atoms with van der Waals surface area (Å²) in [4.78, 5) is 20.0. The van der Waals surface area contributed by atoms with Crippen LogP contribution in [0, 0.1) is 18.7 Å². The molecule has 1 amide bonds. The number of alkyl halides is 1. The van der Waals surface area contributed by atoms with E-state index in [2.05, 4.69) is 15.3 Å². The van der Waals surface area contributed by atoms with Crippen LogP contribution in [0.25, 0.3) is 21.9 Å². The number of hydrogen-bond donors (Lipinski definition) is 2. The van der Waals surface area contributed by atoms with Gasteiger partial charge in [-0.15, -0.1) is 0 Å². The van der Waals surface area contributed by atoms with Crippen molar-refractivity contribution in [1.82, 2.24) is 9.97 Å². The predicted molar refractivity (Wildman–Crippen MR) is 95.7 cm³/mol. The van der Waals surface area contributed by atoms with Gasteiger partial charge in [0.15, 0.2) is 0 Å². The van der Waals surface area contributed by atoms with Crippen LogP contribution in [0.1, 0.15) is 12.0 Å². The molecule has 4 rings (SSSR count). The lowest BCUT2D eigenvalue weighted by molar-refractivity contribution is -0.117. The molecule has 0 spiro atoms. The molecule has 2 atom stereocenters. The normalized spacial score (nSPS) is 18.7. The SMILES string of the molecule is Cc1c(F)cncc1-c1cc(N)c2cnc(NC(=O)[C@@H]3C[C@@H]3F)cc2c1. The van der Waals surface area contributed by atoms with Gasteiger partial charge in [0.1, 0.15) is 17.8 Å². The van der Waals surface area contributed by atoms with Gasteiger partial charge in [0.25, 0.3) is 0 Å². The zero-order valence-corrected chi connectivity index (χ0v) is 14.0. The quantitative estimate of drug-likeness (QED) is 0.704. The zero-order chi connectivity index (χ0) is 18.4. The van der Waals surface area contributed by atoms with E-state index in [9.17, 15) is 13.6 Å². The molecule has 0 unspecified atom stereocenters. The number of nitrogens with two attached hydrogens (primary N) is 1. The first-order valence-corrected chi connectivity index (χ1v) is 8.18. The van der Waals surface area contributed by atoms with Crippen molar-refractivity contribution < 1.29 is 13.6 Å². The fourth-order valence-electron chi connectivity index (χ4n) is 2.95. The lowest BCUT2D eigenvalue weighted by atomic mass is 9.99. The van der Waals surface area contributed by atoms with Crippen LogP contribution in [-0.4, -0.2) is 22.0 Å². The Balaban J connectivity index is 1.74. The number of benzene rings is 1. The minimum atomic E-state index is -1.07. The minimum Gasteiger partial charge on any atom is -0.398 e. The number of aromatic nitrogens is 2. The second-order valence-electron chi connectivity index (χ2n) is 6.50. The molecule has 1 fully saturated rings. The first kappa shape index (κ1) is 16.4. The monoisotopic (exact) mass is 354 g/mol. The van der Waals surface area contributed by atoms with Gasteiger partial charge < -0.3 is 11.1 Å². The Morgan fingerprint density at radius 3 is 2.77 bits per heavy atom. The molecule has 132 valence electrons. The number of anilines is 2. The molecular formula is C19H16F2N4O. The maximum Gasteiger partial charge on any atom is 0.231 e. The average molecular weight is 354 g/mol. The largest absolute Gasteiger partial charge is 0.398 e. The Morgan fingerprint density at radius 2 is 2.04 bits per heavy atom. The van der Waals surface area contributed by atoms with E-state index < -0.39 is 17.9 Å². The van der Waals surface area contributed by atoms with Gasteiger partial charge in [-0.3, -0.25) is 9.78 Å². The number of amides is 1. The van der Waals surface area contributed by atoms with E-state index >= 15 is 0 Å². The Kier molecular flexibility index (Phi) is 3.79. The van der Waals surface area contributed by atoms with Crippen LogP contribution < -0.4 is 11.1 Å². The summed E-state index contributed by atoms with van der Waals surface area (Å²) in [5.41, 5.74) is 8.43. The number of nitrogens with one attached hydrogen (secondary N) is 1. The van der Waals surface area contributed by atoms with Crippen LogP contribution in [-0.2, 0) is 4.79 Å². The molecule has 2 aromatic heterocycles. The van der Waals surface area contributed by atoms with Crippen LogP contribution in [0.15, 0.2) is 36.8 Å². The Hall–Kier alpha value is -3.09. The van der Waals surface area contributed by atoms with Crippen molar-refractivity contribution in [2.75, 3.05) is 11.1 Å². The number of nitrogens with zero attached hydrogens (tertiary/aromatic N) is 2. The van der Waals surface area contributed by atoms with E-state index in [0.717, 1.165) is 11.6 Å². The van der Waals surface area contributed by atoms with Crippen LogP contribution in [0.5, 0.6) is 0 Å². The lowest BCUT2D eigenvalue weighted by Crippen LogP contribution is -2.15. The molecule has 0 aliphatic heterocycles. The molecule has 0 saturated heterocycles. The summed E-state index contributed by atoms with van der Waals surface area (Å²) in [5.74, 6) is -1.04. The molecule has 26 heavy (non-hydrogen) atoms. The van der Waals surface area contributed by atoms with E-state index in [-0.39, 0.29) is 12.3 Å². The number of hydrogen-bond acceptors (Lipinski definition) is 4. The maximum absolute atomic E-state index is 13.8. The number of carbonyl (C=O) groups is 1. The molecule has 1 aliphatic rings. The minimum absolute atomic E-state index is 0.252. The number of rotatable bonds is 3. The van der Waals surface area contributed by atoms with Gasteiger partial charge in [-0.05, 0) is 48.1 Å². The molecule has 5 nitrogen and oxygen atoms in total. The average Bonchev–Trinajstić information content (AvgIpc) is 3.34. The summed E-state index contributed by atoms with van der Waals surface area (Å²) in [5, 5.41) is 4.07. The third-order valence-corrected chi connectivity index (χ3v) is 4.63. The molecule has 2 heterocycles. The third kappa shape index (κ3) is 2.85. The van der Waals surface area contributed by atoms with Crippen LogP contribution in [0.4, 0.5) is 20.3 Å². The van der Waals surface area contributed by atoms with Gasteiger partial charge in [-0.1, -0.05) is 0 Å². The molecule has 1 aromatic carbocycles. The maximum atomic E-state index is 13.8. The topological polar surface area (TPSA) is 80.9 Å². The van der Waals surface area contributed by atoms with E-state index in [1.165, 1.54) is 0 Å². The third-order valence-electron chi connectivity index (χ3n) is 4.63. The first-order chi connectivity index (χ1) is 12.4. The summed E-state index contributed by atoms with van der Waals surface area (Å²) in [6, 6.07) is 5.25.